The molecule has 0 saturated heterocycles. The summed E-state index contributed by atoms with van der Waals surface area (Å²) in [6.07, 6.45) is 0. The summed E-state index contributed by atoms with van der Waals surface area (Å²) in [5.41, 5.74) is 3.07. The van der Waals surface area contributed by atoms with E-state index in [1.54, 1.807) is 29.2 Å². The molecule has 0 fully saturated rings. The topological polar surface area (TPSA) is 58.6 Å². The molecule has 0 aliphatic carbocycles. The summed E-state index contributed by atoms with van der Waals surface area (Å²) in [6, 6.07) is 8.64. The van der Waals surface area contributed by atoms with Crippen molar-refractivity contribution >= 4 is 46.5 Å². The molecule has 7 heteroatoms. The van der Waals surface area contributed by atoms with Gasteiger partial charge in [-0.2, -0.15) is 0 Å². The minimum Gasteiger partial charge on any atom is -0.423 e. The van der Waals surface area contributed by atoms with Gasteiger partial charge in [-0.1, -0.05) is 29.3 Å². The fourth-order valence-corrected chi connectivity index (χ4v) is 3.32. The molecule has 0 saturated carbocycles. The highest BCUT2D eigenvalue weighted by molar-refractivity contribution is 6.34. The second-order valence-electron chi connectivity index (χ2n) is 5.93. The molecule has 2 aromatic rings. The summed E-state index contributed by atoms with van der Waals surface area (Å²) in [7, 11) is 0. The predicted molar refractivity (Wildman–Crippen MR) is 98.9 cm³/mol. The molecule has 0 aromatic heterocycles. The molecule has 1 heterocycles. The lowest BCUT2D eigenvalue weighted by molar-refractivity contribution is -0.133. The summed E-state index contributed by atoms with van der Waals surface area (Å²) in [5, 5.41) is 3.79. The number of carbonyl (C=O) groups is 2. The number of aryl methyl sites for hydroxylation is 2. The van der Waals surface area contributed by atoms with Crippen LogP contribution in [0.4, 0.5) is 11.4 Å². The molecule has 0 unspecified atom stereocenters. The van der Waals surface area contributed by atoms with Crippen molar-refractivity contribution in [1.82, 2.24) is 0 Å². The van der Waals surface area contributed by atoms with Gasteiger partial charge >= 0.3 is 5.97 Å². The third-order valence-corrected chi connectivity index (χ3v) is 4.37. The molecule has 25 heavy (non-hydrogen) atoms. The van der Waals surface area contributed by atoms with Gasteiger partial charge in [-0.15, -0.1) is 0 Å². The number of ether oxygens (including phenoxy) is 1. The van der Waals surface area contributed by atoms with E-state index in [1.165, 1.54) is 0 Å². The predicted octanol–water partition coefficient (Wildman–Crippen LogP) is 3.97. The highest BCUT2D eigenvalue weighted by Gasteiger charge is 2.26. The first kappa shape index (κ1) is 17.6. The number of nitrogens with zero attached hydrogens (tertiary/aromatic N) is 1. The highest BCUT2D eigenvalue weighted by atomic mass is 35.5. The number of rotatable bonds is 3. The number of hydrogen-bond acceptors (Lipinski definition) is 4. The molecule has 2 aromatic carbocycles. The largest absolute Gasteiger partial charge is 0.423 e. The lowest BCUT2D eigenvalue weighted by Gasteiger charge is -2.29. The second-order valence-corrected chi connectivity index (χ2v) is 6.77. The third-order valence-electron chi connectivity index (χ3n) is 3.84. The Bertz CT molecular complexity index is 844. The summed E-state index contributed by atoms with van der Waals surface area (Å²) in [5.74, 6) is -0.320. The van der Waals surface area contributed by atoms with Crippen LogP contribution in [-0.2, 0) is 9.59 Å². The maximum absolute atomic E-state index is 12.5. The molecule has 1 aliphatic rings. The number of fused-ring (bicyclic) bond motifs is 1. The van der Waals surface area contributed by atoms with Crippen LogP contribution in [0, 0.1) is 13.8 Å². The Morgan fingerprint density at radius 3 is 2.72 bits per heavy atom. The number of nitrogens with one attached hydrogen (secondary N) is 1. The Kier molecular flexibility index (Phi) is 4.88. The van der Waals surface area contributed by atoms with E-state index in [4.69, 9.17) is 27.9 Å². The number of halogens is 2. The first-order valence-corrected chi connectivity index (χ1v) is 8.41. The van der Waals surface area contributed by atoms with E-state index in [9.17, 15) is 9.59 Å². The van der Waals surface area contributed by atoms with Gasteiger partial charge in [-0.25, -0.2) is 4.79 Å². The second kappa shape index (κ2) is 6.94. The summed E-state index contributed by atoms with van der Waals surface area (Å²) in [4.78, 5) is 25.9. The molecule has 1 N–H and O–H groups in total. The number of carbonyl (C=O) groups excluding carboxylic acids is 2. The number of anilines is 2. The third kappa shape index (κ3) is 3.89. The van der Waals surface area contributed by atoms with Crippen LogP contribution in [0.3, 0.4) is 0 Å². The Morgan fingerprint density at radius 1 is 1.24 bits per heavy atom. The van der Waals surface area contributed by atoms with Crippen LogP contribution in [0.2, 0.25) is 10.0 Å². The minimum atomic E-state index is -0.424. The van der Waals surface area contributed by atoms with Crippen molar-refractivity contribution in [1.29, 1.82) is 0 Å². The van der Waals surface area contributed by atoms with Crippen molar-refractivity contribution in [2.24, 2.45) is 0 Å². The monoisotopic (exact) mass is 378 g/mol. The van der Waals surface area contributed by atoms with Crippen molar-refractivity contribution in [2.45, 2.75) is 13.8 Å². The van der Waals surface area contributed by atoms with Gasteiger partial charge in [0.05, 0.1) is 22.9 Å². The van der Waals surface area contributed by atoms with E-state index in [0.29, 0.717) is 27.2 Å². The average molecular weight is 379 g/mol. The zero-order valence-electron chi connectivity index (χ0n) is 13.7. The Hall–Kier alpha value is -2.24. The maximum atomic E-state index is 12.5. The number of esters is 1. The van der Waals surface area contributed by atoms with Gasteiger partial charge in [0.2, 0.25) is 5.91 Å². The van der Waals surface area contributed by atoms with Gasteiger partial charge < -0.3 is 15.0 Å². The quantitative estimate of drug-likeness (QED) is 0.648. The number of benzene rings is 2. The Labute approximate surface area is 155 Å². The zero-order chi connectivity index (χ0) is 18.1. The number of hydrogen-bond donors (Lipinski definition) is 1. The molecule has 3 rings (SSSR count). The first-order valence-electron chi connectivity index (χ1n) is 7.65. The van der Waals surface area contributed by atoms with Crippen molar-refractivity contribution in [3.8, 4) is 5.75 Å². The molecule has 0 spiro atoms. The standard InChI is InChI=1S/C18H16Cl2N2O3/c1-10-5-11(2)18(13(20)6-10)21-16(23)8-22-9-17(24)25-15-4-3-12(19)7-14(15)22/h3-7H,8-9H2,1-2H3,(H,21,23). The van der Waals surface area contributed by atoms with Crippen LogP contribution >= 0.6 is 23.2 Å². The summed E-state index contributed by atoms with van der Waals surface area (Å²) < 4.78 is 5.18. The number of amides is 1. The van der Waals surface area contributed by atoms with Crippen LogP contribution in [0.15, 0.2) is 30.3 Å². The normalized spacial score (nSPS) is 13.3. The lowest BCUT2D eigenvalue weighted by Crippen LogP contribution is -2.41. The summed E-state index contributed by atoms with van der Waals surface area (Å²) >= 11 is 12.2. The van der Waals surface area contributed by atoms with Gasteiger partial charge in [0.1, 0.15) is 6.54 Å². The van der Waals surface area contributed by atoms with Crippen LogP contribution in [0.1, 0.15) is 11.1 Å². The summed E-state index contributed by atoms with van der Waals surface area (Å²) in [6.45, 7) is 3.76. The van der Waals surface area contributed by atoms with E-state index in [1.807, 2.05) is 19.9 Å². The van der Waals surface area contributed by atoms with E-state index in [-0.39, 0.29) is 19.0 Å². The van der Waals surface area contributed by atoms with Crippen molar-refractivity contribution in [3.05, 3.63) is 51.5 Å². The molecule has 1 aliphatic heterocycles. The van der Waals surface area contributed by atoms with E-state index < -0.39 is 5.97 Å². The minimum absolute atomic E-state index is 0.0217. The smallest absolute Gasteiger partial charge is 0.331 e. The fourth-order valence-electron chi connectivity index (χ4n) is 2.79. The van der Waals surface area contributed by atoms with Crippen LogP contribution in [-0.4, -0.2) is 25.0 Å². The van der Waals surface area contributed by atoms with Crippen LogP contribution < -0.4 is 15.0 Å². The van der Waals surface area contributed by atoms with Crippen molar-refractivity contribution < 1.29 is 14.3 Å². The molecule has 1 amide bonds. The van der Waals surface area contributed by atoms with Crippen LogP contribution in [0.25, 0.3) is 0 Å². The molecular weight excluding hydrogens is 363 g/mol. The van der Waals surface area contributed by atoms with E-state index in [0.717, 1.165) is 11.1 Å². The first-order chi connectivity index (χ1) is 11.8. The van der Waals surface area contributed by atoms with Gasteiger partial charge in [0.25, 0.3) is 0 Å². The Morgan fingerprint density at radius 2 is 2.00 bits per heavy atom. The lowest BCUT2D eigenvalue weighted by atomic mass is 10.1. The molecule has 130 valence electrons. The Balaban J connectivity index is 1.80. The molecule has 0 radical (unpaired) electrons. The molecule has 5 nitrogen and oxygen atoms in total. The zero-order valence-corrected chi connectivity index (χ0v) is 15.2. The average Bonchev–Trinajstić information content (AvgIpc) is 2.51. The van der Waals surface area contributed by atoms with E-state index in [2.05, 4.69) is 5.32 Å². The van der Waals surface area contributed by atoms with Crippen LogP contribution in [0.5, 0.6) is 5.75 Å². The SMILES string of the molecule is Cc1cc(C)c(NC(=O)CN2CC(=O)Oc3ccc(Cl)cc32)c(Cl)c1. The maximum Gasteiger partial charge on any atom is 0.331 e. The van der Waals surface area contributed by atoms with Gasteiger partial charge in [-0.05, 0) is 49.2 Å². The molecule has 0 atom stereocenters. The van der Waals surface area contributed by atoms with E-state index >= 15 is 0 Å². The van der Waals surface area contributed by atoms with Gasteiger partial charge in [0.15, 0.2) is 5.75 Å². The van der Waals surface area contributed by atoms with Crippen molar-refractivity contribution in [2.75, 3.05) is 23.3 Å². The fraction of sp³-hybridized carbons (Fsp3) is 0.222. The van der Waals surface area contributed by atoms with Gasteiger partial charge in [-0.3, -0.25) is 4.79 Å². The van der Waals surface area contributed by atoms with Crippen molar-refractivity contribution in [3.63, 3.8) is 0 Å². The van der Waals surface area contributed by atoms with Gasteiger partial charge in [0, 0.05) is 5.02 Å². The molecule has 0 bridgehead atoms. The molecular formula is C18H16Cl2N2O3. The highest BCUT2D eigenvalue weighted by Crippen LogP contribution is 2.34.